The Labute approximate surface area is 128 Å². The average Bonchev–Trinajstić information content (AvgIpc) is 2.34. The minimum Gasteiger partial charge on any atom is -0.467 e. The fourth-order valence-electron chi connectivity index (χ4n) is 1.86. The molecule has 3 N–H and O–H groups in total. The highest BCUT2D eigenvalue weighted by Crippen LogP contribution is 2.40. The van der Waals surface area contributed by atoms with E-state index >= 15 is 0 Å². The molecular formula is C14H25F3N2O3. The molecule has 0 bridgehead atoms. The SMILES string of the molecule is COC(=O)[C@H](CC(C)C)NC(=O)[C@@H](N)CC(C)(C)C(F)(F)F. The molecule has 2 atom stereocenters. The Hall–Kier alpha value is -1.31. The predicted molar refractivity (Wildman–Crippen MR) is 75.8 cm³/mol. The van der Waals surface area contributed by atoms with Gasteiger partial charge < -0.3 is 15.8 Å². The lowest BCUT2D eigenvalue weighted by Crippen LogP contribution is -2.51. The van der Waals surface area contributed by atoms with E-state index in [1.54, 1.807) is 0 Å². The first kappa shape index (κ1) is 20.7. The third-order valence-corrected chi connectivity index (χ3v) is 3.34. The molecule has 0 aliphatic rings. The summed E-state index contributed by atoms with van der Waals surface area (Å²) in [7, 11) is 1.18. The van der Waals surface area contributed by atoms with Crippen LogP contribution in [0.3, 0.4) is 0 Å². The van der Waals surface area contributed by atoms with Crippen molar-refractivity contribution in [1.82, 2.24) is 5.32 Å². The van der Waals surface area contributed by atoms with Crippen LogP contribution in [-0.2, 0) is 14.3 Å². The Morgan fingerprint density at radius 2 is 1.73 bits per heavy atom. The lowest BCUT2D eigenvalue weighted by atomic mass is 9.85. The second kappa shape index (κ2) is 7.80. The van der Waals surface area contributed by atoms with Crippen LogP contribution in [0.15, 0.2) is 0 Å². The topological polar surface area (TPSA) is 81.4 Å². The molecule has 22 heavy (non-hydrogen) atoms. The Morgan fingerprint density at radius 1 is 1.23 bits per heavy atom. The normalized spacial score (nSPS) is 15.4. The summed E-state index contributed by atoms with van der Waals surface area (Å²) in [4.78, 5) is 23.5. The van der Waals surface area contributed by atoms with Crippen LogP contribution in [0.1, 0.15) is 40.5 Å². The molecule has 130 valence electrons. The molecule has 0 aliphatic heterocycles. The van der Waals surface area contributed by atoms with Gasteiger partial charge in [0, 0.05) is 0 Å². The molecule has 0 spiro atoms. The van der Waals surface area contributed by atoms with Crippen molar-refractivity contribution in [3.63, 3.8) is 0 Å². The lowest BCUT2D eigenvalue weighted by Gasteiger charge is -2.30. The van der Waals surface area contributed by atoms with Gasteiger partial charge in [0.2, 0.25) is 5.91 Å². The van der Waals surface area contributed by atoms with Crippen molar-refractivity contribution in [2.24, 2.45) is 17.1 Å². The number of hydrogen-bond acceptors (Lipinski definition) is 4. The van der Waals surface area contributed by atoms with Crippen molar-refractivity contribution in [1.29, 1.82) is 0 Å². The molecule has 0 radical (unpaired) electrons. The Bertz CT molecular complexity index is 395. The number of nitrogens with one attached hydrogen (secondary N) is 1. The summed E-state index contributed by atoms with van der Waals surface area (Å²) < 4.78 is 43.0. The molecule has 0 rings (SSSR count). The van der Waals surface area contributed by atoms with E-state index in [1.807, 2.05) is 13.8 Å². The zero-order chi connectivity index (χ0) is 17.7. The monoisotopic (exact) mass is 326 g/mol. The van der Waals surface area contributed by atoms with E-state index < -0.39 is 42.0 Å². The van der Waals surface area contributed by atoms with Gasteiger partial charge in [-0.1, -0.05) is 27.7 Å². The third kappa shape index (κ3) is 6.21. The average molecular weight is 326 g/mol. The first-order valence-electron chi connectivity index (χ1n) is 7.02. The number of nitrogens with two attached hydrogens (primary N) is 1. The number of esters is 1. The van der Waals surface area contributed by atoms with Gasteiger partial charge in [-0.2, -0.15) is 13.2 Å². The van der Waals surface area contributed by atoms with Crippen LogP contribution in [0.2, 0.25) is 0 Å². The van der Waals surface area contributed by atoms with Gasteiger partial charge in [0.05, 0.1) is 18.6 Å². The highest BCUT2D eigenvalue weighted by atomic mass is 19.4. The largest absolute Gasteiger partial charge is 0.467 e. The molecule has 0 heterocycles. The lowest BCUT2D eigenvalue weighted by molar-refractivity contribution is -0.214. The van der Waals surface area contributed by atoms with Crippen molar-refractivity contribution in [3.8, 4) is 0 Å². The molecule has 0 saturated carbocycles. The summed E-state index contributed by atoms with van der Waals surface area (Å²) in [6, 6.07) is -2.28. The van der Waals surface area contributed by atoms with E-state index in [9.17, 15) is 22.8 Å². The summed E-state index contributed by atoms with van der Waals surface area (Å²) >= 11 is 0. The fraction of sp³-hybridized carbons (Fsp3) is 0.857. The van der Waals surface area contributed by atoms with Gasteiger partial charge in [0.15, 0.2) is 0 Å². The first-order chi connectivity index (χ1) is 9.81. The molecule has 0 aromatic carbocycles. The second-order valence-electron chi connectivity index (χ2n) is 6.41. The van der Waals surface area contributed by atoms with E-state index in [0.29, 0.717) is 6.42 Å². The van der Waals surface area contributed by atoms with Gasteiger partial charge in [-0.05, 0) is 18.8 Å². The zero-order valence-electron chi connectivity index (χ0n) is 13.6. The fourth-order valence-corrected chi connectivity index (χ4v) is 1.86. The Morgan fingerprint density at radius 3 is 2.09 bits per heavy atom. The van der Waals surface area contributed by atoms with Crippen LogP contribution in [-0.4, -0.2) is 37.2 Å². The van der Waals surface area contributed by atoms with Crippen molar-refractivity contribution in [2.75, 3.05) is 7.11 Å². The maximum absolute atomic E-state index is 12.8. The number of alkyl halides is 3. The number of methoxy groups -OCH3 is 1. The highest BCUT2D eigenvalue weighted by Gasteiger charge is 2.48. The molecule has 0 aromatic rings. The first-order valence-corrected chi connectivity index (χ1v) is 7.02. The van der Waals surface area contributed by atoms with Crippen LogP contribution in [0, 0.1) is 11.3 Å². The number of amides is 1. The maximum Gasteiger partial charge on any atom is 0.394 e. The Kier molecular flexibility index (Phi) is 7.34. The van der Waals surface area contributed by atoms with Crippen LogP contribution in [0.25, 0.3) is 0 Å². The standard InChI is InChI=1S/C14H25F3N2O3/c1-8(2)6-10(12(21)22-5)19-11(20)9(18)7-13(3,4)14(15,16)17/h8-10H,6-7,18H2,1-5H3,(H,19,20)/t9-,10-/m0/s1. The van der Waals surface area contributed by atoms with Crippen LogP contribution in [0.5, 0.6) is 0 Å². The van der Waals surface area contributed by atoms with Gasteiger partial charge in [-0.25, -0.2) is 4.79 Å². The van der Waals surface area contributed by atoms with Gasteiger partial charge in [-0.15, -0.1) is 0 Å². The van der Waals surface area contributed by atoms with Gasteiger partial charge >= 0.3 is 12.1 Å². The van der Waals surface area contributed by atoms with Crippen LogP contribution >= 0.6 is 0 Å². The number of halogens is 3. The van der Waals surface area contributed by atoms with Gasteiger partial charge in [-0.3, -0.25) is 4.79 Å². The predicted octanol–water partition coefficient (Wildman–Crippen LogP) is 2.00. The van der Waals surface area contributed by atoms with Crippen LogP contribution < -0.4 is 11.1 Å². The molecule has 0 fully saturated rings. The van der Waals surface area contributed by atoms with E-state index in [2.05, 4.69) is 10.1 Å². The summed E-state index contributed by atoms with van der Waals surface area (Å²) in [5.74, 6) is -1.36. The molecule has 5 nitrogen and oxygen atoms in total. The summed E-state index contributed by atoms with van der Waals surface area (Å²) in [6.07, 6.45) is -4.73. The molecule has 0 aliphatic carbocycles. The van der Waals surface area contributed by atoms with E-state index in [4.69, 9.17) is 5.73 Å². The maximum atomic E-state index is 12.8. The summed E-state index contributed by atoms with van der Waals surface area (Å²) in [5.41, 5.74) is 3.46. The van der Waals surface area contributed by atoms with E-state index in [0.717, 1.165) is 13.8 Å². The van der Waals surface area contributed by atoms with E-state index in [-0.39, 0.29) is 5.92 Å². The number of carbonyl (C=O) groups excluding carboxylic acids is 2. The molecule has 0 aromatic heterocycles. The zero-order valence-corrected chi connectivity index (χ0v) is 13.6. The number of rotatable bonds is 7. The minimum atomic E-state index is -4.47. The highest BCUT2D eigenvalue weighted by molar-refractivity contribution is 5.87. The molecule has 0 saturated heterocycles. The summed E-state index contributed by atoms with van der Waals surface area (Å²) in [6.45, 7) is 5.64. The quantitative estimate of drug-likeness (QED) is 0.701. The Balaban J connectivity index is 4.84. The molecule has 8 heteroatoms. The molecular weight excluding hydrogens is 301 g/mol. The second-order valence-corrected chi connectivity index (χ2v) is 6.41. The molecule has 0 unspecified atom stereocenters. The number of hydrogen-bond donors (Lipinski definition) is 2. The van der Waals surface area contributed by atoms with Gasteiger partial charge in [0.1, 0.15) is 6.04 Å². The number of ether oxygens (including phenoxy) is 1. The third-order valence-electron chi connectivity index (χ3n) is 3.34. The van der Waals surface area contributed by atoms with Crippen molar-refractivity contribution in [2.45, 2.75) is 58.8 Å². The number of carbonyl (C=O) groups is 2. The smallest absolute Gasteiger partial charge is 0.394 e. The van der Waals surface area contributed by atoms with Gasteiger partial charge in [0.25, 0.3) is 0 Å². The van der Waals surface area contributed by atoms with E-state index in [1.165, 1.54) is 7.11 Å². The minimum absolute atomic E-state index is 0.0900. The van der Waals surface area contributed by atoms with Crippen molar-refractivity contribution < 1.29 is 27.5 Å². The van der Waals surface area contributed by atoms with Crippen molar-refractivity contribution >= 4 is 11.9 Å². The molecule has 1 amide bonds. The van der Waals surface area contributed by atoms with Crippen LogP contribution in [0.4, 0.5) is 13.2 Å². The van der Waals surface area contributed by atoms with Crippen molar-refractivity contribution in [3.05, 3.63) is 0 Å². The summed E-state index contributed by atoms with van der Waals surface area (Å²) in [5, 5.41) is 2.37.